The van der Waals surface area contributed by atoms with Crippen LogP contribution < -0.4 is 5.32 Å². The number of rotatable bonds is 4. The molecule has 0 unspecified atom stereocenters. The number of aromatic nitrogens is 2. The number of para-hydroxylation sites is 2. The highest BCUT2D eigenvalue weighted by Gasteiger charge is 2.03. The zero-order valence-electron chi connectivity index (χ0n) is 12.2. The van der Waals surface area contributed by atoms with Crippen molar-refractivity contribution in [3.05, 3.63) is 84.4 Å². The monoisotopic (exact) mass is 307 g/mol. The average molecular weight is 307 g/mol. The number of halogens is 1. The molecule has 1 heterocycles. The van der Waals surface area contributed by atoms with E-state index in [2.05, 4.69) is 10.4 Å². The number of amides is 1. The molecular weight excluding hydrogens is 293 g/mol. The molecule has 0 saturated carbocycles. The number of anilines is 1. The molecule has 5 heteroatoms. The summed E-state index contributed by atoms with van der Waals surface area (Å²) in [4.78, 5) is 11.8. The highest BCUT2D eigenvalue weighted by Crippen LogP contribution is 2.13. The second-order valence-electron chi connectivity index (χ2n) is 4.86. The normalized spacial score (nSPS) is 10.8. The van der Waals surface area contributed by atoms with E-state index in [1.54, 1.807) is 29.1 Å². The zero-order valence-corrected chi connectivity index (χ0v) is 12.2. The van der Waals surface area contributed by atoms with Crippen LogP contribution in [-0.2, 0) is 4.79 Å². The first-order valence-corrected chi connectivity index (χ1v) is 7.06. The van der Waals surface area contributed by atoms with Gasteiger partial charge in [-0.05, 0) is 30.3 Å². The third-order valence-corrected chi connectivity index (χ3v) is 3.18. The summed E-state index contributed by atoms with van der Waals surface area (Å²) in [6.45, 7) is 0. The molecule has 0 saturated heterocycles. The maximum atomic E-state index is 13.5. The Kier molecular flexibility index (Phi) is 4.29. The molecule has 0 aliphatic rings. The minimum absolute atomic E-state index is 0.155. The summed E-state index contributed by atoms with van der Waals surface area (Å²) in [5.41, 5.74) is 1.86. The van der Waals surface area contributed by atoms with E-state index >= 15 is 0 Å². The van der Waals surface area contributed by atoms with Crippen molar-refractivity contribution in [2.24, 2.45) is 0 Å². The molecule has 0 spiro atoms. The van der Waals surface area contributed by atoms with Gasteiger partial charge in [-0.2, -0.15) is 5.10 Å². The second kappa shape index (κ2) is 6.70. The number of nitrogens with zero attached hydrogens (tertiary/aromatic N) is 2. The van der Waals surface area contributed by atoms with E-state index in [-0.39, 0.29) is 5.69 Å². The molecule has 0 fully saturated rings. The summed E-state index contributed by atoms with van der Waals surface area (Å²) >= 11 is 0. The quantitative estimate of drug-likeness (QED) is 0.748. The van der Waals surface area contributed by atoms with Crippen LogP contribution in [0.5, 0.6) is 0 Å². The number of hydrogen-bond acceptors (Lipinski definition) is 2. The Morgan fingerprint density at radius 3 is 2.61 bits per heavy atom. The molecule has 2 aromatic carbocycles. The number of hydrogen-bond donors (Lipinski definition) is 1. The summed E-state index contributed by atoms with van der Waals surface area (Å²) in [6.07, 6.45) is 6.43. The van der Waals surface area contributed by atoms with Gasteiger partial charge in [-0.3, -0.25) is 4.79 Å². The van der Waals surface area contributed by atoms with Crippen molar-refractivity contribution in [2.45, 2.75) is 0 Å². The minimum atomic E-state index is -0.467. The van der Waals surface area contributed by atoms with Gasteiger partial charge in [0.2, 0.25) is 5.91 Å². The predicted octanol–water partition coefficient (Wildman–Crippen LogP) is 3.66. The average Bonchev–Trinajstić information content (AvgIpc) is 3.05. The van der Waals surface area contributed by atoms with E-state index in [4.69, 9.17) is 0 Å². The molecule has 1 aromatic heterocycles. The molecule has 0 radical (unpaired) electrons. The molecule has 1 N–H and O–H groups in total. The Hall–Kier alpha value is -3.21. The van der Waals surface area contributed by atoms with Crippen LogP contribution in [0.1, 0.15) is 5.56 Å². The van der Waals surface area contributed by atoms with Gasteiger partial charge in [-0.15, -0.1) is 0 Å². The van der Waals surface area contributed by atoms with Gasteiger partial charge in [0.25, 0.3) is 0 Å². The van der Waals surface area contributed by atoms with Crippen LogP contribution in [0.15, 0.2) is 73.1 Å². The molecule has 0 atom stereocenters. The van der Waals surface area contributed by atoms with Crippen molar-refractivity contribution in [1.29, 1.82) is 0 Å². The summed E-state index contributed by atoms with van der Waals surface area (Å²) in [6, 6.07) is 15.7. The van der Waals surface area contributed by atoms with Crippen LogP contribution in [0, 0.1) is 5.82 Å². The second-order valence-corrected chi connectivity index (χ2v) is 4.86. The minimum Gasteiger partial charge on any atom is -0.320 e. The zero-order chi connectivity index (χ0) is 16.1. The van der Waals surface area contributed by atoms with Crippen LogP contribution in [0.2, 0.25) is 0 Å². The largest absolute Gasteiger partial charge is 0.320 e. The molecule has 114 valence electrons. The smallest absolute Gasteiger partial charge is 0.248 e. The Morgan fingerprint density at radius 2 is 1.83 bits per heavy atom. The van der Waals surface area contributed by atoms with E-state index in [9.17, 15) is 9.18 Å². The third kappa shape index (κ3) is 3.71. The van der Waals surface area contributed by atoms with E-state index < -0.39 is 11.7 Å². The maximum Gasteiger partial charge on any atom is 0.248 e. The highest BCUT2D eigenvalue weighted by atomic mass is 19.1. The van der Waals surface area contributed by atoms with Gasteiger partial charge in [0.1, 0.15) is 5.82 Å². The fraction of sp³-hybridized carbons (Fsp3) is 0. The molecular formula is C18H14FN3O. The molecule has 0 bridgehead atoms. The lowest BCUT2D eigenvalue weighted by molar-refractivity contribution is -0.111. The van der Waals surface area contributed by atoms with E-state index in [1.807, 2.05) is 36.5 Å². The molecule has 0 aliphatic carbocycles. The van der Waals surface area contributed by atoms with E-state index in [0.717, 1.165) is 11.3 Å². The summed E-state index contributed by atoms with van der Waals surface area (Å²) in [5, 5.41) is 6.73. The number of benzene rings is 2. The molecule has 1 amide bonds. The predicted molar refractivity (Wildman–Crippen MR) is 87.6 cm³/mol. The van der Waals surface area contributed by atoms with Crippen molar-refractivity contribution in [1.82, 2.24) is 9.78 Å². The van der Waals surface area contributed by atoms with Crippen molar-refractivity contribution in [2.75, 3.05) is 5.32 Å². The number of nitrogens with one attached hydrogen (secondary N) is 1. The lowest BCUT2D eigenvalue weighted by atomic mass is 10.3. The molecule has 4 nitrogen and oxygen atoms in total. The Morgan fingerprint density at radius 1 is 1.09 bits per heavy atom. The molecule has 3 rings (SSSR count). The lowest BCUT2D eigenvalue weighted by Crippen LogP contribution is -2.08. The van der Waals surface area contributed by atoms with Gasteiger partial charge in [0, 0.05) is 17.8 Å². The van der Waals surface area contributed by atoms with Gasteiger partial charge < -0.3 is 5.32 Å². The molecule has 0 aliphatic heterocycles. The maximum absolute atomic E-state index is 13.5. The molecule has 23 heavy (non-hydrogen) atoms. The van der Waals surface area contributed by atoms with Gasteiger partial charge in [-0.25, -0.2) is 9.07 Å². The number of carbonyl (C=O) groups is 1. The van der Waals surface area contributed by atoms with Crippen molar-refractivity contribution in [3.63, 3.8) is 0 Å². The van der Waals surface area contributed by atoms with E-state index in [0.29, 0.717) is 0 Å². The van der Waals surface area contributed by atoms with Crippen LogP contribution in [0.25, 0.3) is 11.8 Å². The van der Waals surface area contributed by atoms with Crippen LogP contribution >= 0.6 is 0 Å². The van der Waals surface area contributed by atoms with E-state index in [1.165, 1.54) is 18.2 Å². The van der Waals surface area contributed by atoms with Gasteiger partial charge in [0.05, 0.1) is 17.6 Å². The van der Waals surface area contributed by atoms with Crippen molar-refractivity contribution >= 4 is 17.7 Å². The first kappa shape index (κ1) is 14.7. The van der Waals surface area contributed by atoms with Crippen LogP contribution in [0.4, 0.5) is 10.1 Å². The lowest BCUT2D eigenvalue weighted by Gasteiger charge is -2.02. The summed E-state index contributed by atoms with van der Waals surface area (Å²) < 4.78 is 15.2. The summed E-state index contributed by atoms with van der Waals surface area (Å²) in [7, 11) is 0. The number of carbonyl (C=O) groups excluding carboxylic acids is 1. The van der Waals surface area contributed by atoms with Crippen LogP contribution in [-0.4, -0.2) is 15.7 Å². The third-order valence-electron chi connectivity index (χ3n) is 3.18. The SMILES string of the molecule is O=C(/C=C/c1cnn(-c2ccccc2)c1)Nc1ccccc1F. The topological polar surface area (TPSA) is 46.9 Å². The first-order valence-electron chi connectivity index (χ1n) is 7.06. The van der Waals surface area contributed by atoms with Crippen molar-refractivity contribution < 1.29 is 9.18 Å². The van der Waals surface area contributed by atoms with Crippen molar-refractivity contribution in [3.8, 4) is 5.69 Å². The fourth-order valence-corrected chi connectivity index (χ4v) is 2.05. The van der Waals surface area contributed by atoms with Crippen LogP contribution in [0.3, 0.4) is 0 Å². The Bertz CT molecular complexity index is 840. The van der Waals surface area contributed by atoms with Gasteiger partial charge >= 0.3 is 0 Å². The highest BCUT2D eigenvalue weighted by molar-refractivity contribution is 6.01. The van der Waals surface area contributed by atoms with Gasteiger partial charge in [-0.1, -0.05) is 30.3 Å². The summed E-state index contributed by atoms with van der Waals surface area (Å²) in [5.74, 6) is -0.867. The van der Waals surface area contributed by atoms with Gasteiger partial charge in [0.15, 0.2) is 0 Å². The Balaban J connectivity index is 1.68. The fourth-order valence-electron chi connectivity index (χ4n) is 2.05. The Labute approximate surface area is 132 Å². The standard InChI is InChI=1S/C18H14FN3O/c19-16-8-4-5-9-17(16)21-18(23)11-10-14-12-20-22(13-14)15-6-2-1-3-7-15/h1-13H,(H,21,23)/b11-10+. The first-order chi connectivity index (χ1) is 11.2. The molecule has 3 aromatic rings.